The number of H-pyrrole nitrogens is 1. The Bertz CT molecular complexity index is 1410. The molecule has 2 N–H and O–H groups in total. The number of nitrogens with one attached hydrogen (secondary N) is 2. The van der Waals surface area contributed by atoms with Gasteiger partial charge in [-0.25, -0.2) is 23.1 Å². The Labute approximate surface area is 212 Å². The molecule has 0 radical (unpaired) electrons. The van der Waals surface area contributed by atoms with E-state index in [-0.39, 0.29) is 5.75 Å². The van der Waals surface area contributed by atoms with Crippen molar-refractivity contribution in [3.8, 4) is 11.1 Å². The third-order valence-corrected chi connectivity index (χ3v) is 8.20. The van der Waals surface area contributed by atoms with Gasteiger partial charge >= 0.3 is 0 Å². The topological polar surface area (TPSA) is 94.2 Å². The first-order valence-electron chi connectivity index (χ1n) is 12.4. The highest BCUT2D eigenvalue weighted by Crippen LogP contribution is 2.28. The van der Waals surface area contributed by atoms with Crippen LogP contribution in [0.5, 0.6) is 0 Å². The summed E-state index contributed by atoms with van der Waals surface area (Å²) in [4.78, 5) is 17.1. The number of anilines is 1. The number of rotatable bonds is 9. The van der Waals surface area contributed by atoms with Crippen LogP contribution in [0.2, 0.25) is 0 Å². The Balaban J connectivity index is 1.17. The van der Waals surface area contributed by atoms with Gasteiger partial charge in [-0.3, -0.25) is 4.90 Å². The van der Waals surface area contributed by atoms with Crippen molar-refractivity contribution in [1.29, 1.82) is 0 Å². The van der Waals surface area contributed by atoms with Gasteiger partial charge in [-0.1, -0.05) is 36.4 Å². The molecule has 8 nitrogen and oxygen atoms in total. The molecule has 1 aliphatic heterocycles. The number of aromatic amines is 1. The number of piperazine rings is 1. The minimum atomic E-state index is -3.29. The standard InChI is InChI=1S/C27H32N6O2S/c1-28-36(34,35)19-21-9-10-26-24(16-21)23(17-30-26)8-5-11-32-12-14-33(15-13-32)27-25(18-29-20-31-27)22-6-3-2-4-7-22/h2-4,6-7,9-10,16-18,20,28,30H,5,8,11-15,19H2,1H3. The van der Waals surface area contributed by atoms with Crippen molar-refractivity contribution in [2.75, 3.05) is 44.7 Å². The lowest BCUT2D eigenvalue weighted by molar-refractivity contribution is 0.254. The molecule has 1 fully saturated rings. The van der Waals surface area contributed by atoms with Gasteiger partial charge in [0, 0.05) is 55.0 Å². The van der Waals surface area contributed by atoms with Gasteiger partial charge < -0.3 is 9.88 Å². The minimum Gasteiger partial charge on any atom is -0.361 e. The van der Waals surface area contributed by atoms with Crippen molar-refractivity contribution < 1.29 is 8.42 Å². The van der Waals surface area contributed by atoms with Crippen LogP contribution in [0.15, 0.2) is 67.3 Å². The molecule has 1 saturated heterocycles. The van der Waals surface area contributed by atoms with Crippen LogP contribution in [0.25, 0.3) is 22.0 Å². The molecule has 0 saturated carbocycles. The molecule has 0 amide bonds. The lowest BCUT2D eigenvalue weighted by atomic mass is 10.1. The molecule has 5 rings (SSSR count). The van der Waals surface area contributed by atoms with Crippen LogP contribution < -0.4 is 9.62 Å². The van der Waals surface area contributed by atoms with Crippen LogP contribution in [0.4, 0.5) is 5.82 Å². The average molecular weight is 505 g/mol. The number of hydrogen-bond donors (Lipinski definition) is 2. The number of aryl methyl sites for hydroxylation is 1. The third kappa shape index (κ3) is 5.59. The SMILES string of the molecule is CNS(=O)(=O)Cc1ccc2[nH]cc(CCCN3CCN(c4ncncc4-c4ccccc4)CC3)c2c1. The predicted octanol–water partition coefficient (Wildman–Crippen LogP) is 3.43. The summed E-state index contributed by atoms with van der Waals surface area (Å²) >= 11 is 0. The maximum Gasteiger partial charge on any atom is 0.215 e. The third-order valence-electron chi connectivity index (χ3n) is 6.87. The Morgan fingerprint density at radius 1 is 1.06 bits per heavy atom. The normalized spacial score (nSPS) is 15.0. The highest BCUT2D eigenvalue weighted by Gasteiger charge is 2.21. The Kier molecular flexibility index (Phi) is 7.31. The fourth-order valence-electron chi connectivity index (χ4n) is 4.89. The number of fused-ring (bicyclic) bond motifs is 1. The van der Waals surface area contributed by atoms with Gasteiger partial charge in [0.25, 0.3) is 0 Å². The lowest BCUT2D eigenvalue weighted by Crippen LogP contribution is -2.47. The summed E-state index contributed by atoms with van der Waals surface area (Å²) in [6.45, 7) is 4.90. The molecule has 4 aromatic rings. The molecule has 0 unspecified atom stereocenters. The molecular formula is C27H32N6O2S. The van der Waals surface area contributed by atoms with E-state index in [0.717, 1.165) is 79.0 Å². The Morgan fingerprint density at radius 3 is 2.64 bits per heavy atom. The molecule has 0 bridgehead atoms. The van der Waals surface area contributed by atoms with Crippen molar-refractivity contribution in [3.05, 3.63) is 78.4 Å². The zero-order valence-electron chi connectivity index (χ0n) is 20.5. The molecule has 9 heteroatoms. The highest BCUT2D eigenvalue weighted by molar-refractivity contribution is 7.88. The molecule has 2 aromatic carbocycles. The highest BCUT2D eigenvalue weighted by atomic mass is 32.2. The number of benzene rings is 2. The second kappa shape index (κ2) is 10.8. The van der Waals surface area contributed by atoms with Gasteiger partial charge in [0.05, 0.1) is 5.75 Å². The van der Waals surface area contributed by atoms with Gasteiger partial charge in [-0.15, -0.1) is 0 Å². The largest absolute Gasteiger partial charge is 0.361 e. The fourth-order valence-corrected chi connectivity index (χ4v) is 5.65. The molecule has 36 heavy (non-hydrogen) atoms. The van der Waals surface area contributed by atoms with E-state index in [1.54, 1.807) is 6.33 Å². The summed E-state index contributed by atoms with van der Waals surface area (Å²) in [6, 6.07) is 16.2. The van der Waals surface area contributed by atoms with Crippen molar-refractivity contribution in [3.63, 3.8) is 0 Å². The maximum absolute atomic E-state index is 11.9. The average Bonchev–Trinajstić information content (AvgIpc) is 3.31. The molecule has 1 aliphatic rings. The van der Waals surface area contributed by atoms with Gasteiger partial charge in [0.1, 0.15) is 12.1 Å². The van der Waals surface area contributed by atoms with Crippen LogP contribution in [0.1, 0.15) is 17.5 Å². The van der Waals surface area contributed by atoms with Crippen molar-refractivity contribution in [1.82, 2.24) is 24.6 Å². The molecule has 0 aliphatic carbocycles. The monoisotopic (exact) mass is 504 g/mol. The quantitative estimate of drug-likeness (QED) is 0.363. The second-order valence-corrected chi connectivity index (χ2v) is 11.1. The first kappa shape index (κ1) is 24.4. The summed E-state index contributed by atoms with van der Waals surface area (Å²) in [5.74, 6) is 0.998. The first-order chi connectivity index (χ1) is 17.5. The van der Waals surface area contributed by atoms with Crippen LogP contribution in [0, 0.1) is 0 Å². The van der Waals surface area contributed by atoms with Crippen LogP contribution >= 0.6 is 0 Å². The van der Waals surface area contributed by atoms with Gasteiger partial charge in [-0.2, -0.15) is 0 Å². The smallest absolute Gasteiger partial charge is 0.215 e. The molecule has 0 atom stereocenters. The van der Waals surface area contributed by atoms with E-state index in [4.69, 9.17) is 0 Å². The van der Waals surface area contributed by atoms with E-state index >= 15 is 0 Å². The van der Waals surface area contributed by atoms with Crippen molar-refractivity contribution in [2.24, 2.45) is 0 Å². The van der Waals surface area contributed by atoms with Gasteiger partial charge in [-0.05, 0) is 55.3 Å². The molecule has 0 spiro atoms. The van der Waals surface area contributed by atoms with Crippen LogP contribution in [-0.2, 0) is 22.2 Å². The lowest BCUT2D eigenvalue weighted by Gasteiger charge is -2.36. The van der Waals surface area contributed by atoms with E-state index in [1.807, 2.05) is 42.6 Å². The second-order valence-electron chi connectivity index (χ2n) is 9.22. The first-order valence-corrected chi connectivity index (χ1v) is 14.0. The Morgan fingerprint density at radius 2 is 1.86 bits per heavy atom. The van der Waals surface area contributed by atoms with Crippen molar-refractivity contribution in [2.45, 2.75) is 18.6 Å². The fraction of sp³-hybridized carbons (Fsp3) is 0.333. The number of hydrogen-bond acceptors (Lipinski definition) is 6. The van der Waals surface area contributed by atoms with E-state index in [0.29, 0.717) is 0 Å². The summed E-state index contributed by atoms with van der Waals surface area (Å²) in [5, 5.41) is 1.11. The number of aromatic nitrogens is 3. The van der Waals surface area contributed by atoms with E-state index in [9.17, 15) is 8.42 Å². The molecule has 3 heterocycles. The minimum absolute atomic E-state index is 0.00728. The van der Waals surface area contributed by atoms with Gasteiger partial charge in [0.2, 0.25) is 10.0 Å². The summed E-state index contributed by atoms with van der Waals surface area (Å²) in [6.07, 6.45) is 7.60. The number of nitrogens with zero attached hydrogens (tertiary/aromatic N) is 4. The molecule has 188 valence electrons. The Hall–Kier alpha value is -3.27. The van der Waals surface area contributed by atoms with Crippen molar-refractivity contribution >= 4 is 26.7 Å². The summed E-state index contributed by atoms with van der Waals surface area (Å²) < 4.78 is 26.3. The van der Waals surface area contributed by atoms with E-state index in [1.165, 1.54) is 12.6 Å². The summed E-state index contributed by atoms with van der Waals surface area (Å²) in [7, 11) is -1.84. The van der Waals surface area contributed by atoms with E-state index < -0.39 is 10.0 Å². The molecular weight excluding hydrogens is 472 g/mol. The zero-order valence-corrected chi connectivity index (χ0v) is 21.3. The van der Waals surface area contributed by atoms with Crippen LogP contribution in [-0.4, -0.2) is 68.0 Å². The molecule has 2 aromatic heterocycles. The van der Waals surface area contributed by atoms with Gasteiger partial charge in [0.15, 0.2) is 0 Å². The summed E-state index contributed by atoms with van der Waals surface area (Å²) in [5.41, 5.74) is 5.30. The predicted molar refractivity (Wildman–Crippen MR) is 144 cm³/mol. The number of sulfonamides is 1. The van der Waals surface area contributed by atoms with Crippen LogP contribution in [0.3, 0.4) is 0 Å². The van der Waals surface area contributed by atoms with E-state index in [2.05, 4.69) is 47.8 Å². The zero-order chi connectivity index (χ0) is 25.0. The maximum atomic E-state index is 11.9.